The molecule has 2 heterocycles. The van der Waals surface area contributed by atoms with E-state index in [2.05, 4.69) is 17.6 Å². The van der Waals surface area contributed by atoms with Gasteiger partial charge < -0.3 is 15.4 Å². The molecular weight excluding hydrogens is 430 g/mol. The molecule has 4 rings (SSSR count). The van der Waals surface area contributed by atoms with Crippen molar-refractivity contribution < 1.29 is 23.9 Å². The number of thiophene rings is 1. The van der Waals surface area contributed by atoms with Crippen LogP contribution in [-0.4, -0.2) is 47.4 Å². The van der Waals surface area contributed by atoms with Crippen molar-refractivity contribution in [2.45, 2.75) is 71.3 Å². The smallest absolute Gasteiger partial charge is 0.341 e. The molecule has 2 fully saturated rings. The number of imide groups is 1. The Morgan fingerprint density at radius 3 is 2.75 bits per heavy atom. The highest BCUT2D eigenvalue weighted by Crippen LogP contribution is 2.41. The normalized spacial score (nSPS) is 27.3. The van der Waals surface area contributed by atoms with Gasteiger partial charge in [-0.05, 0) is 56.4 Å². The number of ether oxygens (including phenoxy) is 1. The number of amides is 4. The van der Waals surface area contributed by atoms with Gasteiger partial charge in [0.15, 0.2) is 0 Å². The number of anilines is 1. The van der Waals surface area contributed by atoms with Crippen LogP contribution in [-0.2, 0) is 27.2 Å². The Kier molecular flexibility index (Phi) is 6.29. The number of carbonyl (C=O) groups excluding carboxylic acids is 4. The number of fused-ring (bicyclic) bond motifs is 1. The molecule has 8 nitrogen and oxygen atoms in total. The summed E-state index contributed by atoms with van der Waals surface area (Å²) in [6.45, 7) is 5.77. The molecule has 2 aliphatic carbocycles. The minimum absolute atomic E-state index is 0.0298. The number of esters is 1. The van der Waals surface area contributed by atoms with Gasteiger partial charge in [0, 0.05) is 4.88 Å². The van der Waals surface area contributed by atoms with Gasteiger partial charge in [-0.2, -0.15) is 0 Å². The van der Waals surface area contributed by atoms with Gasteiger partial charge in [-0.1, -0.05) is 26.7 Å². The lowest BCUT2D eigenvalue weighted by Crippen LogP contribution is -2.54. The number of hydrogen-bond acceptors (Lipinski definition) is 6. The van der Waals surface area contributed by atoms with Crippen molar-refractivity contribution in [3.63, 3.8) is 0 Å². The van der Waals surface area contributed by atoms with Crippen molar-refractivity contribution in [1.82, 2.24) is 10.2 Å². The van der Waals surface area contributed by atoms with Crippen molar-refractivity contribution in [2.24, 2.45) is 11.8 Å². The number of urea groups is 1. The van der Waals surface area contributed by atoms with Crippen LogP contribution in [0.2, 0.25) is 0 Å². The third kappa shape index (κ3) is 3.91. The lowest BCUT2D eigenvalue weighted by Gasteiger charge is -2.36. The molecule has 3 aliphatic rings. The summed E-state index contributed by atoms with van der Waals surface area (Å²) >= 11 is 1.39. The molecule has 2 N–H and O–H groups in total. The van der Waals surface area contributed by atoms with E-state index in [1.54, 1.807) is 6.92 Å². The summed E-state index contributed by atoms with van der Waals surface area (Å²) in [6, 6.07) is -0.524. The van der Waals surface area contributed by atoms with Gasteiger partial charge in [0.05, 0.1) is 12.2 Å². The zero-order valence-electron chi connectivity index (χ0n) is 18.9. The maximum absolute atomic E-state index is 13.1. The molecule has 9 heteroatoms. The Labute approximate surface area is 192 Å². The van der Waals surface area contributed by atoms with E-state index in [1.165, 1.54) is 11.3 Å². The van der Waals surface area contributed by atoms with Crippen LogP contribution in [0.25, 0.3) is 0 Å². The topological polar surface area (TPSA) is 105 Å². The highest BCUT2D eigenvalue weighted by molar-refractivity contribution is 7.17. The molecule has 32 heavy (non-hydrogen) atoms. The summed E-state index contributed by atoms with van der Waals surface area (Å²) in [5.74, 6) is -0.720. The zero-order chi connectivity index (χ0) is 23.0. The Morgan fingerprint density at radius 2 is 2.03 bits per heavy atom. The van der Waals surface area contributed by atoms with E-state index < -0.39 is 23.4 Å². The summed E-state index contributed by atoms with van der Waals surface area (Å²) in [5, 5.41) is 6.11. The van der Waals surface area contributed by atoms with Crippen molar-refractivity contribution in [3.05, 3.63) is 16.0 Å². The van der Waals surface area contributed by atoms with Crippen LogP contribution in [0.4, 0.5) is 9.80 Å². The summed E-state index contributed by atoms with van der Waals surface area (Å²) in [6.07, 6.45) is 5.98. The van der Waals surface area contributed by atoms with Crippen LogP contribution in [0.15, 0.2) is 0 Å². The van der Waals surface area contributed by atoms with Crippen LogP contribution in [0, 0.1) is 11.8 Å². The van der Waals surface area contributed by atoms with Crippen LogP contribution < -0.4 is 10.6 Å². The van der Waals surface area contributed by atoms with Gasteiger partial charge in [-0.25, -0.2) is 9.59 Å². The minimum atomic E-state index is -0.899. The van der Waals surface area contributed by atoms with Gasteiger partial charge in [0.25, 0.3) is 5.91 Å². The Hall–Kier alpha value is -2.42. The molecule has 1 spiro atoms. The molecule has 1 saturated heterocycles. The Morgan fingerprint density at radius 1 is 1.25 bits per heavy atom. The second-order valence-electron chi connectivity index (χ2n) is 9.26. The standard InChI is InChI=1S/C23H31N3O5S/c1-4-31-20(28)18-15-9-8-13(2)11-16(15)32-19(18)24-17(27)12-26-21(29)23(25-22(26)30)10-6-5-7-14(23)3/h13-14H,4-12H2,1-3H3,(H,24,27)(H,25,30)/t13-,14+,23+/m1/s1. The number of hydrogen-bond donors (Lipinski definition) is 2. The molecule has 1 aromatic heterocycles. The second-order valence-corrected chi connectivity index (χ2v) is 10.4. The molecule has 174 valence electrons. The fourth-order valence-corrected chi connectivity index (χ4v) is 6.62. The number of carbonyl (C=O) groups is 4. The first kappa shape index (κ1) is 22.8. The van der Waals surface area contributed by atoms with Gasteiger partial charge in [-0.3, -0.25) is 14.5 Å². The van der Waals surface area contributed by atoms with Crippen LogP contribution in [0.5, 0.6) is 0 Å². The quantitative estimate of drug-likeness (QED) is 0.516. The first-order valence-electron chi connectivity index (χ1n) is 11.5. The van der Waals surface area contributed by atoms with Gasteiger partial charge in [0.1, 0.15) is 17.1 Å². The Bertz CT molecular complexity index is 958. The van der Waals surface area contributed by atoms with Crippen LogP contribution in [0.3, 0.4) is 0 Å². The lowest BCUT2D eigenvalue weighted by atomic mass is 9.73. The summed E-state index contributed by atoms with van der Waals surface area (Å²) < 4.78 is 5.24. The molecule has 4 amide bonds. The molecule has 0 radical (unpaired) electrons. The molecule has 0 aromatic carbocycles. The summed E-state index contributed by atoms with van der Waals surface area (Å²) in [7, 11) is 0. The van der Waals surface area contributed by atoms with Gasteiger partial charge in [-0.15, -0.1) is 11.3 Å². The molecule has 1 saturated carbocycles. The van der Waals surface area contributed by atoms with E-state index in [9.17, 15) is 19.2 Å². The molecule has 1 aliphatic heterocycles. The Balaban J connectivity index is 1.53. The van der Waals surface area contributed by atoms with Gasteiger partial charge >= 0.3 is 12.0 Å². The predicted molar refractivity (Wildman–Crippen MR) is 121 cm³/mol. The molecule has 0 bridgehead atoms. The first-order chi connectivity index (χ1) is 15.3. The van der Waals surface area contributed by atoms with Crippen LogP contribution in [0.1, 0.15) is 73.7 Å². The summed E-state index contributed by atoms with van der Waals surface area (Å²) in [4.78, 5) is 53.4. The number of rotatable bonds is 5. The van der Waals surface area contributed by atoms with Crippen molar-refractivity contribution in [3.8, 4) is 0 Å². The molecular formula is C23H31N3O5S. The van der Waals surface area contributed by atoms with E-state index in [1.807, 2.05) is 6.92 Å². The third-order valence-corrected chi connectivity index (χ3v) is 8.22. The largest absolute Gasteiger partial charge is 0.462 e. The SMILES string of the molecule is CCOC(=O)c1c(NC(=O)CN2C(=O)N[C@]3(CCCC[C@@H]3C)C2=O)sc2c1CC[C@@H](C)C2. The molecule has 0 unspecified atom stereocenters. The summed E-state index contributed by atoms with van der Waals surface area (Å²) in [5.41, 5.74) is 0.470. The van der Waals surface area contributed by atoms with Gasteiger partial charge in [0.2, 0.25) is 5.91 Å². The third-order valence-electron chi connectivity index (χ3n) is 7.05. The highest BCUT2D eigenvalue weighted by Gasteiger charge is 2.55. The van der Waals surface area contributed by atoms with E-state index in [-0.39, 0.29) is 25.0 Å². The minimum Gasteiger partial charge on any atom is -0.462 e. The fraction of sp³-hybridized carbons (Fsp3) is 0.652. The fourth-order valence-electron chi connectivity index (χ4n) is 5.21. The van der Waals surface area contributed by atoms with Crippen molar-refractivity contribution in [2.75, 3.05) is 18.5 Å². The second kappa shape index (κ2) is 8.84. The van der Waals surface area contributed by atoms with E-state index >= 15 is 0 Å². The maximum atomic E-state index is 13.1. The van der Waals surface area contributed by atoms with E-state index in [4.69, 9.17) is 4.74 Å². The molecule has 3 atom stereocenters. The average Bonchev–Trinajstić information content (AvgIpc) is 3.20. The zero-order valence-corrected chi connectivity index (χ0v) is 19.7. The molecule has 1 aromatic rings. The predicted octanol–water partition coefficient (Wildman–Crippen LogP) is 3.49. The van der Waals surface area contributed by atoms with Crippen molar-refractivity contribution >= 4 is 40.2 Å². The van der Waals surface area contributed by atoms with Crippen LogP contribution >= 0.6 is 11.3 Å². The number of nitrogens with one attached hydrogen (secondary N) is 2. The number of nitrogens with zero attached hydrogens (tertiary/aromatic N) is 1. The highest BCUT2D eigenvalue weighted by atomic mass is 32.1. The lowest BCUT2D eigenvalue weighted by molar-refractivity contribution is -0.136. The van der Waals surface area contributed by atoms with E-state index in [0.717, 1.165) is 53.9 Å². The first-order valence-corrected chi connectivity index (χ1v) is 12.3. The average molecular weight is 462 g/mol. The van der Waals surface area contributed by atoms with E-state index in [0.29, 0.717) is 22.9 Å². The monoisotopic (exact) mass is 461 g/mol. The maximum Gasteiger partial charge on any atom is 0.341 e. The van der Waals surface area contributed by atoms with Crippen molar-refractivity contribution in [1.29, 1.82) is 0 Å².